The van der Waals surface area contributed by atoms with Gasteiger partial charge in [0.05, 0.1) is 6.61 Å². The van der Waals surface area contributed by atoms with Crippen molar-refractivity contribution in [2.45, 2.75) is 6.18 Å². The van der Waals surface area contributed by atoms with Gasteiger partial charge in [-0.05, 0) is 0 Å². The van der Waals surface area contributed by atoms with Crippen LogP contribution in [0.1, 0.15) is 5.69 Å². The first-order valence-corrected chi connectivity index (χ1v) is 5.83. The molecule has 10 heteroatoms. The minimum absolute atomic E-state index is 0.0787. The fourth-order valence-corrected chi connectivity index (χ4v) is 1.60. The largest absolute Gasteiger partial charge is 0.480 e. The van der Waals surface area contributed by atoms with Gasteiger partial charge in [-0.25, -0.2) is 14.3 Å². The number of aromatic nitrogens is 3. The maximum atomic E-state index is 12.6. The topological polar surface area (TPSA) is 88.8 Å². The van der Waals surface area contributed by atoms with Gasteiger partial charge in [0.1, 0.15) is 12.1 Å². The van der Waals surface area contributed by atoms with E-state index in [1.807, 2.05) is 0 Å². The van der Waals surface area contributed by atoms with Crippen LogP contribution in [0, 0.1) is 0 Å². The Bertz CT molecular complexity index is 641. The molecule has 114 valence electrons. The summed E-state index contributed by atoms with van der Waals surface area (Å²) < 4.78 is 43.6. The molecule has 0 saturated heterocycles. The van der Waals surface area contributed by atoms with Crippen molar-refractivity contribution in [1.82, 2.24) is 14.6 Å². The van der Waals surface area contributed by atoms with Crippen LogP contribution in [0.25, 0.3) is 5.52 Å². The van der Waals surface area contributed by atoms with Crippen molar-refractivity contribution in [3.05, 3.63) is 24.2 Å². The first kappa shape index (κ1) is 15.0. The Morgan fingerprint density at radius 2 is 2.24 bits per heavy atom. The van der Waals surface area contributed by atoms with E-state index in [4.69, 9.17) is 9.84 Å². The number of carboxylic acid groups (broad SMARTS) is 1. The quantitative estimate of drug-likeness (QED) is 0.781. The number of anilines is 1. The van der Waals surface area contributed by atoms with E-state index in [0.29, 0.717) is 0 Å². The number of ether oxygens (including phenoxy) is 1. The molecule has 2 rings (SSSR count). The van der Waals surface area contributed by atoms with Crippen LogP contribution in [0.15, 0.2) is 18.5 Å². The van der Waals surface area contributed by atoms with E-state index in [2.05, 4.69) is 15.4 Å². The fourth-order valence-electron chi connectivity index (χ4n) is 1.60. The minimum atomic E-state index is -4.53. The molecule has 0 amide bonds. The molecule has 0 atom stereocenters. The number of carboxylic acids is 1. The molecule has 0 saturated carbocycles. The van der Waals surface area contributed by atoms with Crippen LogP contribution in [0.4, 0.5) is 19.0 Å². The monoisotopic (exact) mass is 304 g/mol. The molecule has 2 N–H and O–H groups in total. The molecule has 0 aromatic carbocycles. The summed E-state index contributed by atoms with van der Waals surface area (Å²) >= 11 is 0. The number of hydrogen-bond donors (Lipinski definition) is 2. The lowest BCUT2D eigenvalue weighted by Crippen LogP contribution is -2.15. The molecule has 0 fully saturated rings. The Labute approximate surface area is 116 Å². The number of aliphatic carboxylic acids is 1. The van der Waals surface area contributed by atoms with Crippen LogP contribution < -0.4 is 5.32 Å². The zero-order chi connectivity index (χ0) is 15.5. The summed E-state index contributed by atoms with van der Waals surface area (Å²) in [5.41, 5.74) is -0.844. The lowest BCUT2D eigenvalue weighted by atomic mass is 10.3. The van der Waals surface area contributed by atoms with Gasteiger partial charge in [0.2, 0.25) is 0 Å². The number of nitrogens with zero attached hydrogens (tertiary/aromatic N) is 3. The molecule has 2 heterocycles. The molecule has 0 radical (unpaired) electrons. The predicted octanol–water partition coefficient (Wildman–Crippen LogP) is 1.26. The Balaban J connectivity index is 2.06. The second-order valence-electron chi connectivity index (χ2n) is 4.01. The van der Waals surface area contributed by atoms with Gasteiger partial charge in [0.15, 0.2) is 11.5 Å². The van der Waals surface area contributed by atoms with E-state index < -0.39 is 24.4 Å². The first-order valence-electron chi connectivity index (χ1n) is 5.83. The summed E-state index contributed by atoms with van der Waals surface area (Å²) in [6.45, 7) is -0.161. The minimum Gasteiger partial charge on any atom is -0.480 e. The fraction of sp³-hybridized carbons (Fsp3) is 0.364. The molecule has 2 aromatic rings. The van der Waals surface area contributed by atoms with Gasteiger partial charge in [-0.3, -0.25) is 0 Å². The molecule has 0 bridgehead atoms. The van der Waals surface area contributed by atoms with E-state index in [0.717, 1.165) is 10.6 Å². The molecule has 7 nitrogen and oxygen atoms in total. The van der Waals surface area contributed by atoms with Gasteiger partial charge >= 0.3 is 12.1 Å². The highest BCUT2D eigenvalue weighted by Crippen LogP contribution is 2.29. The maximum Gasteiger partial charge on any atom is 0.435 e. The second-order valence-corrected chi connectivity index (χ2v) is 4.01. The lowest BCUT2D eigenvalue weighted by Gasteiger charge is -2.06. The predicted molar refractivity (Wildman–Crippen MR) is 64.9 cm³/mol. The van der Waals surface area contributed by atoms with Gasteiger partial charge < -0.3 is 15.2 Å². The van der Waals surface area contributed by atoms with Crippen molar-refractivity contribution >= 4 is 17.3 Å². The molecular weight excluding hydrogens is 293 g/mol. The summed E-state index contributed by atoms with van der Waals surface area (Å²) in [6.07, 6.45) is -1.93. The van der Waals surface area contributed by atoms with Gasteiger partial charge in [-0.15, -0.1) is 0 Å². The van der Waals surface area contributed by atoms with Crippen LogP contribution in [0.3, 0.4) is 0 Å². The van der Waals surface area contributed by atoms with Crippen molar-refractivity contribution < 1.29 is 27.8 Å². The third-order valence-electron chi connectivity index (χ3n) is 2.44. The van der Waals surface area contributed by atoms with Crippen LogP contribution >= 0.6 is 0 Å². The summed E-state index contributed by atoms with van der Waals surface area (Å²) in [7, 11) is 0. The van der Waals surface area contributed by atoms with E-state index in [1.165, 1.54) is 12.4 Å². The number of halogens is 3. The number of carbonyl (C=O) groups is 1. The molecule has 2 aromatic heterocycles. The average molecular weight is 304 g/mol. The average Bonchev–Trinajstić information content (AvgIpc) is 2.82. The van der Waals surface area contributed by atoms with E-state index in [-0.39, 0.29) is 24.5 Å². The third-order valence-corrected chi connectivity index (χ3v) is 2.44. The van der Waals surface area contributed by atoms with Crippen molar-refractivity contribution in [2.75, 3.05) is 25.1 Å². The van der Waals surface area contributed by atoms with Gasteiger partial charge in [-0.1, -0.05) is 0 Å². The standard InChI is InChI=1S/C11H11F3N4O3/c12-11(13,14)8-5-7-10(15-1-3-18(7)17-8)16-2-4-21-6-9(19)20/h1,3,5H,2,4,6H2,(H,15,16)(H,19,20). The molecule has 0 aliphatic heterocycles. The zero-order valence-corrected chi connectivity index (χ0v) is 10.6. The van der Waals surface area contributed by atoms with Crippen molar-refractivity contribution in [2.24, 2.45) is 0 Å². The number of fused-ring (bicyclic) bond motifs is 1. The first-order chi connectivity index (χ1) is 9.88. The summed E-state index contributed by atoms with van der Waals surface area (Å²) in [5.74, 6) is -0.889. The third kappa shape index (κ3) is 3.81. The summed E-state index contributed by atoms with van der Waals surface area (Å²) in [5, 5.41) is 14.6. The Morgan fingerprint density at radius 1 is 1.48 bits per heavy atom. The highest BCUT2D eigenvalue weighted by molar-refractivity contribution is 5.68. The molecule has 0 aliphatic carbocycles. The van der Waals surface area contributed by atoms with Gasteiger partial charge in [-0.2, -0.15) is 18.3 Å². The summed E-state index contributed by atoms with van der Waals surface area (Å²) in [4.78, 5) is 14.2. The Hall–Kier alpha value is -2.36. The number of hydrogen-bond acceptors (Lipinski definition) is 5. The SMILES string of the molecule is O=C(O)COCCNc1nccn2nc(C(F)(F)F)cc12. The van der Waals surface area contributed by atoms with Crippen LogP contribution in [0.5, 0.6) is 0 Å². The van der Waals surface area contributed by atoms with E-state index >= 15 is 0 Å². The van der Waals surface area contributed by atoms with Crippen LogP contribution in [-0.2, 0) is 15.7 Å². The van der Waals surface area contributed by atoms with Crippen LogP contribution in [-0.4, -0.2) is 45.4 Å². The lowest BCUT2D eigenvalue weighted by molar-refractivity contribution is -0.142. The van der Waals surface area contributed by atoms with E-state index in [9.17, 15) is 18.0 Å². The Kier molecular flexibility index (Phi) is 4.26. The van der Waals surface area contributed by atoms with Crippen molar-refractivity contribution in [3.8, 4) is 0 Å². The number of rotatable bonds is 6. The number of alkyl halides is 3. The normalized spacial score (nSPS) is 11.8. The maximum absolute atomic E-state index is 12.6. The van der Waals surface area contributed by atoms with Gasteiger partial charge in [0.25, 0.3) is 0 Å². The highest BCUT2D eigenvalue weighted by atomic mass is 19.4. The number of nitrogens with one attached hydrogen (secondary N) is 1. The summed E-state index contributed by atoms with van der Waals surface area (Å²) in [6, 6.07) is 0.882. The smallest absolute Gasteiger partial charge is 0.435 e. The Morgan fingerprint density at radius 3 is 2.90 bits per heavy atom. The van der Waals surface area contributed by atoms with Crippen LogP contribution in [0.2, 0.25) is 0 Å². The van der Waals surface area contributed by atoms with Gasteiger partial charge in [0, 0.05) is 25.0 Å². The second kappa shape index (κ2) is 5.95. The molecule has 0 aliphatic rings. The highest BCUT2D eigenvalue weighted by Gasteiger charge is 2.34. The van der Waals surface area contributed by atoms with Crippen molar-refractivity contribution in [3.63, 3.8) is 0 Å². The molecule has 0 spiro atoms. The zero-order valence-electron chi connectivity index (χ0n) is 10.6. The van der Waals surface area contributed by atoms with E-state index in [1.54, 1.807) is 0 Å². The molecular formula is C11H11F3N4O3. The van der Waals surface area contributed by atoms with Crippen molar-refractivity contribution in [1.29, 1.82) is 0 Å². The molecule has 21 heavy (non-hydrogen) atoms. The molecule has 0 unspecified atom stereocenters.